The first-order valence-electron chi connectivity index (χ1n) is 8.68. The molecule has 1 unspecified atom stereocenters. The van der Waals surface area contributed by atoms with Gasteiger partial charge >= 0.3 is 0 Å². The summed E-state index contributed by atoms with van der Waals surface area (Å²) in [6.45, 7) is 12.1. The largest absolute Gasteiger partial charge is 0.313 e. The zero-order chi connectivity index (χ0) is 13.9. The number of nitrogens with zero attached hydrogens (tertiary/aromatic N) is 1. The van der Waals surface area contributed by atoms with Gasteiger partial charge in [0.05, 0.1) is 0 Å². The van der Waals surface area contributed by atoms with Crippen LogP contribution in [0.5, 0.6) is 0 Å². The molecule has 1 N–H and O–H groups in total. The standard InChI is InChI=1S/C17H36N2/c1-4-5-6-7-8-9-17(3)18-12-15-19-13-10-16(2)11-14-19/h16-18H,4-15H2,1-3H3. The summed E-state index contributed by atoms with van der Waals surface area (Å²) in [6.07, 6.45) is 11.1. The van der Waals surface area contributed by atoms with Gasteiger partial charge in [-0.2, -0.15) is 0 Å². The van der Waals surface area contributed by atoms with Crippen molar-refractivity contribution in [3.05, 3.63) is 0 Å². The van der Waals surface area contributed by atoms with Gasteiger partial charge in [0, 0.05) is 19.1 Å². The second kappa shape index (κ2) is 10.7. The Kier molecular flexibility index (Phi) is 9.54. The molecule has 0 radical (unpaired) electrons. The lowest BCUT2D eigenvalue weighted by atomic mass is 9.99. The van der Waals surface area contributed by atoms with Crippen LogP contribution in [0.15, 0.2) is 0 Å². The Hall–Kier alpha value is -0.0800. The highest BCUT2D eigenvalue weighted by atomic mass is 15.1. The van der Waals surface area contributed by atoms with Crippen LogP contribution < -0.4 is 5.32 Å². The fraction of sp³-hybridized carbons (Fsp3) is 1.00. The first kappa shape index (κ1) is 17.0. The van der Waals surface area contributed by atoms with Crippen LogP contribution in [0.4, 0.5) is 0 Å². The Morgan fingerprint density at radius 3 is 2.47 bits per heavy atom. The highest BCUT2D eigenvalue weighted by molar-refractivity contribution is 4.71. The summed E-state index contributed by atoms with van der Waals surface area (Å²) in [6, 6.07) is 0.699. The first-order valence-corrected chi connectivity index (χ1v) is 8.68. The van der Waals surface area contributed by atoms with Gasteiger partial charge < -0.3 is 10.2 Å². The van der Waals surface area contributed by atoms with Crippen LogP contribution >= 0.6 is 0 Å². The lowest BCUT2D eigenvalue weighted by Crippen LogP contribution is -2.39. The summed E-state index contributed by atoms with van der Waals surface area (Å²) in [5, 5.41) is 3.69. The van der Waals surface area contributed by atoms with Crippen molar-refractivity contribution in [2.24, 2.45) is 5.92 Å². The Morgan fingerprint density at radius 2 is 1.79 bits per heavy atom. The molecule has 0 aromatic carbocycles. The van der Waals surface area contributed by atoms with Gasteiger partial charge in [-0.15, -0.1) is 0 Å². The topological polar surface area (TPSA) is 15.3 Å². The highest BCUT2D eigenvalue weighted by Gasteiger charge is 2.14. The maximum atomic E-state index is 3.69. The molecule has 0 amide bonds. The molecule has 1 atom stereocenters. The van der Waals surface area contributed by atoms with Crippen molar-refractivity contribution in [1.29, 1.82) is 0 Å². The molecular weight excluding hydrogens is 232 g/mol. The van der Waals surface area contributed by atoms with Gasteiger partial charge in [0.15, 0.2) is 0 Å². The molecule has 1 saturated heterocycles. The molecule has 114 valence electrons. The maximum Gasteiger partial charge on any atom is 0.0107 e. The third-order valence-corrected chi connectivity index (χ3v) is 4.54. The van der Waals surface area contributed by atoms with E-state index in [4.69, 9.17) is 0 Å². The number of piperidine rings is 1. The summed E-state index contributed by atoms with van der Waals surface area (Å²) in [7, 11) is 0. The summed E-state index contributed by atoms with van der Waals surface area (Å²) in [4.78, 5) is 2.63. The highest BCUT2D eigenvalue weighted by Crippen LogP contribution is 2.15. The average Bonchev–Trinajstić information content (AvgIpc) is 2.41. The predicted molar refractivity (Wildman–Crippen MR) is 85.7 cm³/mol. The van der Waals surface area contributed by atoms with Crippen molar-refractivity contribution in [3.63, 3.8) is 0 Å². The average molecular weight is 268 g/mol. The van der Waals surface area contributed by atoms with E-state index in [0.717, 1.165) is 5.92 Å². The molecular formula is C17H36N2. The van der Waals surface area contributed by atoms with Gasteiger partial charge in [-0.1, -0.05) is 46.0 Å². The molecule has 19 heavy (non-hydrogen) atoms. The van der Waals surface area contributed by atoms with Gasteiger partial charge in [-0.05, 0) is 45.2 Å². The van der Waals surface area contributed by atoms with Crippen LogP contribution in [0.3, 0.4) is 0 Å². The third kappa shape index (κ3) is 8.65. The molecule has 0 bridgehead atoms. The monoisotopic (exact) mass is 268 g/mol. The first-order chi connectivity index (χ1) is 9.22. The molecule has 0 aromatic rings. The SMILES string of the molecule is CCCCCCCC(C)NCCN1CCC(C)CC1. The molecule has 0 spiro atoms. The Balaban J connectivity index is 1.90. The Bertz CT molecular complexity index is 197. The van der Waals surface area contributed by atoms with Crippen molar-refractivity contribution in [2.45, 2.75) is 78.2 Å². The smallest absolute Gasteiger partial charge is 0.0107 e. The quantitative estimate of drug-likeness (QED) is 0.601. The molecule has 2 nitrogen and oxygen atoms in total. The van der Waals surface area contributed by atoms with Crippen LogP contribution in [0.1, 0.15) is 72.1 Å². The molecule has 1 heterocycles. The van der Waals surface area contributed by atoms with E-state index in [1.165, 1.54) is 77.5 Å². The zero-order valence-electron chi connectivity index (χ0n) is 13.6. The van der Waals surface area contributed by atoms with E-state index >= 15 is 0 Å². The molecule has 0 aliphatic carbocycles. The minimum Gasteiger partial charge on any atom is -0.313 e. The number of nitrogens with one attached hydrogen (secondary N) is 1. The van der Waals surface area contributed by atoms with Crippen molar-refractivity contribution >= 4 is 0 Å². The van der Waals surface area contributed by atoms with E-state index in [9.17, 15) is 0 Å². The van der Waals surface area contributed by atoms with Crippen LogP contribution in [0.25, 0.3) is 0 Å². The van der Waals surface area contributed by atoms with Crippen molar-refractivity contribution in [2.75, 3.05) is 26.2 Å². The molecule has 1 aliphatic heterocycles. The van der Waals surface area contributed by atoms with Crippen LogP contribution in [-0.2, 0) is 0 Å². The number of likely N-dealkylation sites (tertiary alicyclic amines) is 1. The number of hydrogen-bond donors (Lipinski definition) is 1. The summed E-state index contributed by atoms with van der Waals surface area (Å²) >= 11 is 0. The van der Waals surface area contributed by atoms with Gasteiger partial charge in [0.25, 0.3) is 0 Å². The van der Waals surface area contributed by atoms with Crippen LogP contribution in [0, 0.1) is 5.92 Å². The van der Waals surface area contributed by atoms with Gasteiger partial charge in [0.2, 0.25) is 0 Å². The summed E-state index contributed by atoms with van der Waals surface area (Å²) in [5.41, 5.74) is 0. The predicted octanol–water partition coefficient (Wildman–Crippen LogP) is 4.06. The molecule has 0 aromatic heterocycles. The fourth-order valence-electron chi connectivity index (χ4n) is 2.91. The van der Waals surface area contributed by atoms with E-state index in [1.54, 1.807) is 0 Å². The van der Waals surface area contributed by atoms with Crippen LogP contribution in [-0.4, -0.2) is 37.1 Å². The van der Waals surface area contributed by atoms with Gasteiger partial charge in [-0.3, -0.25) is 0 Å². The number of unbranched alkanes of at least 4 members (excludes halogenated alkanes) is 4. The van der Waals surface area contributed by atoms with E-state index in [2.05, 4.69) is 31.0 Å². The molecule has 2 heteroatoms. The minimum absolute atomic E-state index is 0.699. The second-order valence-electron chi connectivity index (χ2n) is 6.58. The number of hydrogen-bond acceptors (Lipinski definition) is 2. The Labute approximate surface area is 121 Å². The van der Waals surface area contributed by atoms with E-state index in [-0.39, 0.29) is 0 Å². The zero-order valence-corrected chi connectivity index (χ0v) is 13.6. The van der Waals surface area contributed by atoms with Crippen molar-refractivity contribution in [1.82, 2.24) is 10.2 Å². The molecule has 1 fully saturated rings. The third-order valence-electron chi connectivity index (χ3n) is 4.54. The number of rotatable bonds is 10. The van der Waals surface area contributed by atoms with Crippen LogP contribution in [0.2, 0.25) is 0 Å². The normalized spacial score (nSPS) is 19.7. The van der Waals surface area contributed by atoms with Gasteiger partial charge in [0.1, 0.15) is 0 Å². The lowest BCUT2D eigenvalue weighted by Gasteiger charge is -2.30. The minimum atomic E-state index is 0.699. The van der Waals surface area contributed by atoms with E-state index in [0.29, 0.717) is 6.04 Å². The lowest BCUT2D eigenvalue weighted by molar-refractivity contribution is 0.191. The van der Waals surface area contributed by atoms with E-state index in [1.807, 2.05) is 0 Å². The van der Waals surface area contributed by atoms with Crippen molar-refractivity contribution in [3.8, 4) is 0 Å². The Morgan fingerprint density at radius 1 is 1.11 bits per heavy atom. The van der Waals surface area contributed by atoms with Gasteiger partial charge in [-0.25, -0.2) is 0 Å². The molecule has 1 rings (SSSR count). The molecule has 1 aliphatic rings. The van der Waals surface area contributed by atoms with E-state index < -0.39 is 0 Å². The molecule has 0 saturated carbocycles. The second-order valence-corrected chi connectivity index (χ2v) is 6.58. The fourth-order valence-corrected chi connectivity index (χ4v) is 2.91. The maximum absolute atomic E-state index is 3.69. The summed E-state index contributed by atoms with van der Waals surface area (Å²) < 4.78 is 0. The summed E-state index contributed by atoms with van der Waals surface area (Å²) in [5.74, 6) is 0.950. The van der Waals surface area contributed by atoms with Crippen molar-refractivity contribution < 1.29 is 0 Å².